The highest BCUT2D eigenvalue weighted by atomic mass is 16.7. The lowest BCUT2D eigenvalue weighted by molar-refractivity contribution is -0.310. The maximum absolute atomic E-state index is 12.4. The average Bonchev–Trinajstić information content (AvgIpc) is 3.19. The van der Waals surface area contributed by atoms with Gasteiger partial charge in [0.15, 0.2) is 12.6 Å². The molecule has 3 rings (SSSR count). The van der Waals surface area contributed by atoms with Crippen LogP contribution in [0.4, 0.5) is 0 Å². The first kappa shape index (κ1) is 32.7. The van der Waals surface area contributed by atoms with E-state index in [1.165, 1.54) is 0 Å². The maximum atomic E-state index is 12.4. The number of nitrogens with zero attached hydrogens (tertiary/aromatic N) is 3. The zero-order valence-electron chi connectivity index (χ0n) is 21.4. The first-order valence-electron chi connectivity index (χ1n) is 12.8. The number of hydrogen-bond donors (Lipinski definition) is 11. The van der Waals surface area contributed by atoms with Gasteiger partial charge < -0.3 is 77.2 Å². The maximum Gasteiger partial charge on any atom is 0.249 e. The van der Waals surface area contributed by atoms with Crippen molar-refractivity contribution < 1.29 is 59.5 Å². The van der Waals surface area contributed by atoms with E-state index in [0.29, 0.717) is 0 Å². The molecule has 14 N–H and O–H groups in total. The Labute approximate surface area is 228 Å². The number of ether oxygens (including phenoxy) is 4. The third kappa shape index (κ3) is 7.16. The van der Waals surface area contributed by atoms with E-state index in [4.69, 9.17) is 41.7 Å². The van der Waals surface area contributed by atoms with E-state index >= 15 is 0 Å². The first-order chi connectivity index (χ1) is 18.9. The zero-order valence-corrected chi connectivity index (χ0v) is 21.4. The van der Waals surface area contributed by atoms with Gasteiger partial charge in [0.25, 0.3) is 0 Å². The average molecular weight is 582 g/mol. The van der Waals surface area contributed by atoms with Gasteiger partial charge in [-0.25, -0.2) is 0 Å². The van der Waals surface area contributed by atoms with Crippen LogP contribution in [0.15, 0.2) is 5.11 Å². The number of carbonyl (C=O) groups is 1. The van der Waals surface area contributed by atoms with Gasteiger partial charge in [0, 0.05) is 11.0 Å². The predicted octanol–water partition coefficient (Wildman–Crippen LogP) is -6.43. The standard InChI is InChI=1S/C21H39N7O12/c22-2-1-8(30)19(36)27-7-3-6(23)17(39-20-11(24)15(34)14(33)10(5-29)38-20)18(12(7)31)40-21-16(35)13(32)9(37-21)4-26-28-25/h6-18,20-21,29-35H,1-5,22-24H2,(H,27,36)/t6?,7-,8+,9-,10?,11?,12?,13+,14-,15-,16?,17-,18-,20-,21+/m1/s1. The third-order valence-corrected chi connectivity index (χ3v) is 7.25. The van der Waals surface area contributed by atoms with Crippen LogP contribution in [0.1, 0.15) is 12.8 Å². The zero-order chi connectivity index (χ0) is 29.7. The lowest BCUT2D eigenvalue weighted by Gasteiger charge is -2.47. The molecule has 0 radical (unpaired) electrons. The second kappa shape index (κ2) is 14.4. The Morgan fingerprint density at radius 2 is 1.62 bits per heavy atom. The highest BCUT2D eigenvalue weighted by Crippen LogP contribution is 2.32. The third-order valence-electron chi connectivity index (χ3n) is 7.25. The SMILES string of the molecule is [N-]=[N+]=NC[C@H]1O[C@@H](O[C@@H]2C(O)[C@H](NC(=O)[C@@H](O)CCN)CC(N)[C@H]2O[C@H]2OC(CO)[C@@H](O)[C@H](O)C2N)C(O)[C@H]1O. The van der Waals surface area contributed by atoms with Crippen LogP contribution >= 0.6 is 0 Å². The molecule has 5 unspecified atom stereocenters. The summed E-state index contributed by atoms with van der Waals surface area (Å²) in [6.07, 6.45) is -17.8. The van der Waals surface area contributed by atoms with Gasteiger partial charge in [-0.3, -0.25) is 4.79 Å². The van der Waals surface area contributed by atoms with Crippen molar-refractivity contribution in [1.82, 2.24) is 5.32 Å². The molecule has 3 aliphatic rings. The number of aliphatic hydroxyl groups is 7. The van der Waals surface area contributed by atoms with Gasteiger partial charge >= 0.3 is 0 Å². The van der Waals surface area contributed by atoms with Crippen LogP contribution < -0.4 is 22.5 Å². The van der Waals surface area contributed by atoms with E-state index < -0.39 is 104 Å². The fourth-order valence-electron chi connectivity index (χ4n) is 4.91. The van der Waals surface area contributed by atoms with Crippen molar-refractivity contribution in [1.29, 1.82) is 0 Å². The van der Waals surface area contributed by atoms with Crippen molar-refractivity contribution in [2.45, 2.75) is 105 Å². The minimum atomic E-state index is -1.66. The van der Waals surface area contributed by atoms with Crippen LogP contribution in [0.2, 0.25) is 0 Å². The van der Waals surface area contributed by atoms with Crippen molar-refractivity contribution in [2.24, 2.45) is 22.3 Å². The molecule has 1 saturated carbocycles. The fraction of sp³-hybridized carbons (Fsp3) is 0.952. The van der Waals surface area contributed by atoms with Crippen LogP contribution in [0.25, 0.3) is 10.4 Å². The smallest absolute Gasteiger partial charge is 0.249 e. The Morgan fingerprint density at radius 1 is 1.00 bits per heavy atom. The molecule has 1 aliphatic carbocycles. The Kier molecular flexibility index (Phi) is 11.8. The molecule has 2 saturated heterocycles. The van der Waals surface area contributed by atoms with E-state index in [1.54, 1.807) is 0 Å². The molecule has 2 aliphatic heterocycles. The summed E-state index contributed by atoms with van der Waals surface area (Å²) in [6.45, 7) is -1.00. The van der Waals surface area contributed by atoms with Crippen molar-refractivity contribution in [3.05, 3.63) is 10.4 Å². The quantitative estimate of drug-likeness (QED) is 0.0613. The number of nitrogens with one attached hydrogen (secondary N) is 1. The number of nitrogens with two attached hydrogens (primary N) is 3. The Balaban J connectivity index is 1.85. The van der Waals surface area contributed by atoms with Gasteiger partial charge in [-0.1, -0.05) is 5.11 Å². The minimum Gasteiger partial charge on any atom is -0.394 e. The molecule has 230 valence electrons. The molecule has 0 bridgehead atoms. The molecule has 19 heteroatoms. The summed E-state index contributed by atoms with van der Waals surface area (Å²) in [6, 6.07) is -3.45. The van der Waals surface area contributed by atoms with Crippen LogP contribution in [-0.4, -0.2) is 153 Å². The largest absolute Gasteiger partial charge is 0.394 e. The van der Waals surface area contributed by atoms with Crippen LogP contribution in [0.5, 0.6) is 0 Å². The van der Waals surface area contributed by atoms with E-state index in [0.717, 1.165) is 0 Å². The molecule has 0 spiro atoms. The van der Waals surface area contributed by atoms with Gasteiger partial charge in [-0.15, -0.1) is 0 Å². The van der Waals surface area contributed by atoms with E-state index in [1.807, 2.05) is 0 Å². The number of azide groups is 1. The number of hydrogen-bond acceptors (Lipinski definition) is 16. The molecule has 0 aromatic rings. The Bertz CT molecular complexity index is 885. The lowest BCUT2D eigenvalue weighted by atomic mass is 9.83. The molecule has 40 heavy (non-hydrogen) atoms. The molecule has 1 amide bonds. The molecule has 3 fully saturated rings. The highest BCUT2D eigenvalue weighted by molar-refractivity contribution is 5.80. The molecular formula is C21H39N7O12. The summed E-state index contributed by atoms with van der Waals surface area (Å²) >= 11 is 0. The summed E-state index contributed by atoms with van der Waals surface area (Å²) in [7, 11) is 0. The molecule has 15 atom stereocenters. The van der Waals surface area contributed by atoms with Gasteiger partial charge in [-0.2, -0.15) is 0 Å². The summed E-state index contributed by atoms with van der Waals surface area (Å²) in [4.78, 5) is 15.0. The predicted molar refractivity (Wildman–Crippen MR) is 130 cm³/mol. The van der Waals surface area contributed by atoms with Crippen molar-refractivity contribution >= 4 is 5.91 Å². The van der Waals surface area contributed by atoms with E-state index in [2.05, 4.69) is 15.3 Å². The number of amides is 1. The van der Waals surface area contributed by atoms with Gasteiger partial charge in [-0.05, 0) is 24.9 Å². The van der Waals surface area contributed by atoms with Gasteiger partial charge in [0.05, 0.1) is 31.3 Å². The van der Waals surface area contributed by atoms with Gasteiger partial charge in [0.1, 0.15) is 54.9 Å². The minimum absolute atomic E-state index is 0.0241. The lowest BCUT2D eigenvalue weighted by Crippen LogP contribution is -2.69. The number of carbonyl (C=O) groups excluding carboxylic acids is 1. The van der Waals surface area contributed by atoms with E-state index in [-0.39, 0.29) is 25.9 Å². The Hall–Kier alpha value is -1.78. The van der Waals surface area contributed by atoms with Crippen LogP contribution in [-0.2, 0) is 23.7 Å². The second-order valence-corrected chi connectivity index (χ2v) is 10.0. The van der Waals surface area contributed by atoms with Crippen LogP contribution in [0, 0.1) is 0 Å². The summed E-state index contributed by atoms with van der Waals surface area (Å²) in [5.74, 6) is -0.831. The topological polar surface area (TPSA) is 334 Å². The van der Waals surface area contributed by atoms with Crippen LogP contribution in [0.3, 0.4) is 0 Å². The molecule has 0 aromatic carbocycles. The molecule has 19 nitrogen and oxygen atoms in total. The summed E-state index contributed by atoms with van der Waals surface area (Å²) < 4.78 is 22.7. The number of rotatable bonds is 11. The van der Waals surface area contributed by atoms with E-state index in [9.17, 15) is 40.5 Å². The summed E-state index contributed by atoms with van der Waals surface area (Å²) in [5.41, 5.74) is 26.3. The summed E-state index contributed by atoms with van der Waals surface area (Å²) in [5, 5.41) is 77.7. The fourth-order valence-corrected chi connectivity index (χ4v) is 4.91. The normalized spacial score (nSPS) is 44.5. The van der Waals surface area contributed by atoms with Crippen molar-refractivity contribution in [2.75, 3.05) is 19.7 Å². The number of aliphatic hydroxyl groups excluding tert-OH is 7. The second-order valence-electron chi connectivity index (χ2n) is 10.0. The van der Waals surface area contributed by atoms with Crippen molar-refractivity contribution in [3.63, 3.8) is 0 Å². The Morgan fingerprint density at radius 3 is 2.25 bits per heavy atom. The van der Waals surface area contributed by atoms with Gasteiger partial charge in [0.2, 0.25) is 5.91 Å². The molecule has 2 heterocycles. The first-order valence-corrected chi connectivity index (χ1v) is 12.8. The molecule has 0 aromatic heterocycles. The monoisotopic (exact) mass is 581 g/mol. The van der Waals surface area contributed by atoms with Crippen molar-refractivity contribution in [3.8, 4) is 0 Å². The molecular weight excluding hydrogens is 542 g/mol. The highest BCUT2D eigenvalue weighted by Gasteiger charge is 2.53.